The van der Waals surface area contributed by atoms with E-state index in [4.69, 9.17) is 10.00 Å². The molecule has 20 heavy (non-hydrogen) atoms. The Hall–Kier alpha value is -2.80. The molecule has 0 unspecified atom stereocenters. The van der Waals surface area contributed by atoms with Crippen LogP contribution in [0.2, 0.25) is 0 Å². The van der Waals surface area contributed by atoms with Gasteiger partial charge in [-0.3, -0.25) is 0 Å². The number of nitriles is 1. The SMILES string of the molecule is C=Cc1c[nH]c(C#N)c1-c1ccc(C(=O)OCC)cc1. The Labute approximate surface area is 117 Å². The molecule has 4 heteroatoms. The van der Waals surface area contributed by atoms with E-state index in [-0.39, 0.29) is 5.97 Å². The van der Waals surface area contributed by atoms with Crippen molar-refractivity contribution in [2.45, 2.75) is 6.92 Å². The van der Waals surface area contributed by atoms with Crippen LogP contribution in [0.1, 0.15) is 28.5 Å². The fourth-order valence-electron chi connectivity index (χ4n) is 1.99. The molecule has 0 aliphatic carbocycles. The molecule has 0 saturated heterocycles. The number of carbonyl (C=O) groups excluding carboxylic acids is 1. The molecule has 2 rings (SSSR count). The van der Waals surface area contributed by atoms with Gasteiger partial charge in [0.1, 0.15) is 11.8 Å². The second-order valence-corrected chi connectivity index (χ2v) is 4.11. The summed E-state index contributed by atoms with van der Waals surface area (Å²) in [6, 6.07) is 9.08. The Bertz CT molecular complexity index is 675. The number of nitrogens with one attached hydrogen (secondary N) is 1. The average Bonchev–Trinajstić information content (AvgIpc) is 2.90. The van der Waals surface area contributed by atoms with E-state index in [1.165, 1.54) is 0 Å². The molecule has 0 aliphatic rings. The zero-order valence-corrected chi connectivity index (χ0v) is 11.1. The lowest BCUT2D eigenvalue weighted by molar-refractivity contribution is 0.0526. The molecule has 0 spiro atoms. The molecule has 1 aromatic heterocycles. The van der Waals surface area contributed by atoms with Crippen molar-refractivity contribution in [3.05, 3.63) is 53.9 Å². The molecule has 1 aromatic carbocycles. The van der Waals surface area contributed by atoms with Crippen LogP contribution in [-0.2, 0) is 4.74 Å². The van der Waals surface area contributed by atoms with E-state index in [0.29, 0.717) is 17.9 Å². The molecule has 1 N–H and O–H groups in total. The minimum Gasteiger partial charge on any atom is -0.462 e. The molecule has 0 fully saturated rings. The molecular formula is C16H14N2O2. The standard InChI is InChI=1S/C16H14N2O2/c1-3-11-10-18-14(9-17)15(11)12-5-7-13(8-6-12)16(19)20-4-2/h3,5-8,10,18H,1,4H2,2H3. The summed E-state index contributed by atoms with van der Waals surface area (Å²) >= 11 is 0. The van der Waals surface area contributed by atoms with Crippen molar-refractivity contribution in [3.8, 4) is 17.2 Å². The maximum Gasteiger partial charge on any atom is 0.338 e. The lowest BCUT2D eigenvalue weighted by Crippen LogP contribution is -2.04. The molecule has 0 atom stereocenters. The highest BCUT2D eigenvalue weighted by atomic mass is 16.5. The number of aromatic nitrogens is 1. The molecule has 0 bridgehead atoms. The van der Waals surface area contributed by atoms with Crippen molar-refractivity contribution in [1.82, 2.24) is 4.98 Å². The second-order valence-electron chi connectivity index (χ2n) is 4.11. The number of aromatic amines is 1. The van der Waals surface area contributed by atoms with E-state index < -0.39 is 0 Å². The number of ether oxygens (including phenoxy) is 1. The van der Waals surface area contributed by atoms with Crippen LogP contribution >= 0.6 is 0 Å². The minimum atomic E-state index is -0.349. The maximum atomic E-state index is 11.6. The topological polar surface area (TPSA) is 65.9 Å². The first kappa shape index (κ1) is 13.6. The summed E-state index contributed by atoms with van der Waals surface area (Å²) in [4.78, 5) is 14.5. The van der Waals surface area contributed by atoms with E-state index in [2.05, 4.69) is 17.6 Å². The van der Waals surface area contributed by atoms with Crippen LogP contribution in [0.15, 0.2) is 37.0 Å². The van der Waals surface area contributed by atoms with E-state index in [1.54, 1.807) is 43.5 Å². The van der Waals surface area contributed by atoms with Gasteiger partial charge in [-0.25, -0.2) is 4.79 Å². The Morgan fingerprint density at radius 1 is 1.45 bits per heavy atom. The van der Waals surface area contributed by atoms with Gasteiger partial charge in [0.05, 0.1) is 12.2 Å². The molecule has 0 radical (unpaired) electrons. The summed E-state index contributed by atoms with van der Waals surface area (Å²) in [5.41, 5.74) is 3.46. The fraction of sp³-hybridized carbons (Fsp3) is 0.125. The summed E-state index contributed by atoms with van der Waals surface area (Å²) < 4.78 is 4.93. The summed E-state index contributed by atoms with van der Waals surface area (Å²) in [7, 11) is 0. The van der Waals surface area contributed by atoms with Crippen LogP contribution < -0.4 is 0 Å². The van der Waals surface area contributed by atoms with Gasteiger partial charge in [0.25, 0.3) is 0 Å². The Kier molecular flexibility index (Phi) is 4.02. The second kappa shape index (κ2) is 5.89. The van der Waals surface area contributed by atoms with Crippen molar-refractivity contribution in [1.29, 1.82) is 5.26 Å². The summed E-state index contributed by atoms with van der Waals surface area (Å²) in [5, 5.41) is 9.11. The zero-order valence-electron chi connectivity index (χ0n) is 11.1. The lowest BCUT2D eigenvalue weighted by atomic mass is 10.0. The third-order valence-corrected chi connectivity index (χ3v) is 2.93. The summed E-state index contributed by atoms with van der Waals surface area (Å²) in [6.07, 6.45) is 3.42. The number of hydrogen-bond acceptors (Lipinski definition) is 3. The highest BCUT2D eigenvalue weighted by molar-refractivity contribution is 5.90. The van der Waals surface area contributed by atoms with Gasteiger partial charge in [-0.05, 0) is 24.6 Å². The van der Waals surface area contributed by atoms with Gasteiger partial charge in [-0.2, -0.15) is 5.26 Å². The number of H-pyrrole nitrogens is 1. The lowest BCUT2D eigenvalue weighted by Gasteiger charge is -2.05. The van der Waals surface area contributed by atoms with E-state index in [9.17, 15) is 4.79 Å². The smallest absolute Gasteiger partial charge is 0.338 e. The number of carbonyl (C=O) groups is 1. The van der Waals surface area contributed by atoms with Crippen LogP contribution in [0.3, 0.4) is 0 Å². The summed E-state index contributed by atoms with van der Waals surface area (Å²) in [6.45, 7) is 5.84. The van der Waals surface area contributed by atoms with Crippen LogP contribution in [0.5, 0.6) is 0 Å². The maximum absolute atomic E-state index is 11.6. The highest BCUT2D eigenvalue weighted by Gasteiger charge is 2.12. The molecule has 4 nitrogen and oxygen atoms in total. The number of hydrogen-bond donors (Lipinski definition) is 1. The van der Waals surface area contributed by atoms with E-state index in [1.807, 2.05) is 0 Å². The first-order valence-electron chi connectivity index (χ1n) is 6.22. The quantitative estimate of drug-likeness (QED) is 0.863. The van der Waals surface area contributed by atoms with E-state index in [0.717, 1.165) is 16.7 Å². The van der Waals surface area contributed by atoms with Gasteiger partial charge in [0.15, 0.2) is 0 Å². The van der Waals surface area contributed by atoms with Gasteiger partial charge < -0.3 is 9.72 Å². The highest BCUT2D eigenvalue weighted by Crippen LogP contribution is 2.28. The fourth-order valence-corrected chi connectivity index (χ4v) is 1.99. The number of benzene rings is 1. The first-order chi connectivity index (χ1) is 9.71. The van der Waals surface area contributed by atoms with E-state index >= 15 is 0 Å². The third kappa shape index (κ3) is 2.47. The van der Waals surface area contributed by atoms with Crippen LogP contribution in [-0.4, -0.2) is 17.6 Å². The third-order valence-electron chi connectivity index (χ3n) is 2.93. The van der Waals surface area contributed by atoms with Gasteiger partial charge in [0.2, 0.25) is 0 Å². The number of esters is 1. The number of rotatable bonds is 4. The summed E-state index contributed by atoms with van der Waals surface area (Å²) in [5.74, 6) is -0.349. The predicted molar refractivity (Wildman–Crippen MR) is 77.0 cm³/mol. The van der Waals surface area contributed by atoms with Gasteiger partial charge in [0, 0.05) is 17.3 Å². The molecule has 100 valence electrons. The Morgan fingerprint density at radius 2 is 2.15 bits per heavy atom. The Balaban J connectivity index is 2.40. The van der Waals surface area contributed by atoms with Gasteiger partial charge in [-0.1, -0.05) is 24.8 Å². The Morgan fingerprint density at radius 3 is 2.70 bits per heavy atom. The van der Waals surface area contributed by atoms with Crippen molar-refractivity contribution < 1.29 is 9.53 Å². The molecule has 1 heterocycles. The first-order valence-corrected chi connectivity index (χ1v) is 6.22. The van der Waals surface area contributed by atoms with Crippen molar-refractivity contribution in [2.24, 2.45) is 0 Å². The monoisotopic (exact) mass is 266 g/mol. The van der Waals surface area contributed by atoms with Crippen molar-refractivity contribution in [3.63, 3.8) is 0 Å². The average molecular weight is 266 g/mol. The largest absolute Gasteiger partial charge is 0.462 e. The molecular weight excluding hydrogens is 252 g/mol. The predicted octanol–water partition coefficient (Wildman–Crippen LogP) is 3.37. The van der Waals surface area contributed by atoms with Gasteiger partial charge in [-0.15, -0.1) is 0 Å². The van der Waals surface area contributed by atoms with Crippen LogP contribution in [0, 0.1) is 11.3 Å². The van der Waals surface area contributed by atoms with Crippen LogP contribution in [0.4, 0.5) is 0 Å². The normalized spacial score (nSPS) is 9.80. The molecule has 0 amide bonds. The van der Waals surface area contributed by atoms with Crippen LogP contribution in [0.25, 0.3) is 17.2 Å². The van der Waals surface area contributed by atoms with Crippen molar-refractivity contribution >= 4 is 12.0 Å². The molecule has 0 aliphatic heterocycles. The minimum absolute atomic E-state index is 0.345. The van der Waals surface area contributed by atoms with Gasteiger partial charge >= 0.3 is 5.97 Å². The molecule has 0 saturated carbocycles. The zero-order chi connectivity index (χ0) is 14.5. The van der Waals surface area contributed by atoms with Crippen molar-refractivity contribution in [2.75, 3.05) is 6.61 Å². The number of nitrogens with zero attached hydrogens (tertiary/aromatic N) is 1. The molecule has 2 aromatic rings.